The fraction of sp³-hybridized carbons (Fsp3) is 0.647. The zero-order valence-corrected chi connectivity index (χ0v) is 15.4. The Hall–Kier alpha value is -1.27. The third-order valence-corrected chi connectivity index (χ3v) is 4.37. The van der Waals surface area contributed by atoms with Crippen molar-refractivity contribution in [2.45, 2.75) is 58.8 Å². The maximum atomic E-state index is 11.3. The molecule has 0 aliphatic carbocycles. The zero-order chi connectivity index (χ0) is 17.4. The largest absolute Gasteiger partial charge is 0.464 e. The van der Waals surface area contributed by atoms with E-state index in [-0.39, 0.29) is 6.10 Å². The molecule has 1 aromatic rings. The van der Waals surface area contributed by atoms with Crippen LogP contribution in [-0.4, -0.2) is 27.1 Å². The fourth-order valence-electron chi connectivity index (χ4n) is 2.86. The Labute approximate surface area is 139 Å². The van der Waals surface area contributed by atoms with E-state index in [1.807, 2.05) is 20.8 Å². The molecule has 0 amide bonds. The van der Waals surface area contributed by atoms with Gasteiger partial charge in [-0.1, -0.05) is 13.8 Å². The molecule has 6 heteroatoms. The first-order chi connectivity index (χ1) is 10.5. The van der Waals surface area contributed by atoms with Gasteiger partial charge in [0.25, 0.3) is 0 Å². The molecule has 130 valence electrons. The standard InChI is InChI=1S/C17H26O5S/c1-11(2)9-12(3)20-16-17(4,5)14-10-13(22-23(6,18)19)7-8-15(14)21-16/h7-8,10-12,16H,9H2,1-6H3. The molecule has 23 heavy (non-hydrogen) atoms. The zero-order valence-electron chi connectivity index (χ0n) is 14.6. The summed E-state index contributed by atoms with van der Waals surface area (Å²) in [5, 5.41) is 0. The highest BCUT2D eigenvalue weighted by Crippen LogP contribution is 2.45. The Kier molecular flexibility index (Phi) is 4.97. The molecule has 1 aliphatic heterocycles. The molecular weight excluding hydrogens is 316 g/mol. The van der Waals surface area contributed by atoms with Crippen LogP contribution in [0.2, 0.25) is 0 Å². The molecule has 0 spiro atoms. The third kappa shape index (κ3) is 4.38. The Bertz CT molecular complexity index is 664. The summed E-state index contributed by atoms with van der Waals surface area (Å²) in [6.07, 6.45) is 1.66. The first-order valence-corrected chi connectivity index (χ1v) is 9.67. The highest BCUT2D eigenvalue weighted by Gasteiger charge is 2.43. The minimum absolute atomic E-state index is 0.0836. The molecule has 5 nitrogen and oxygen atoms in total. The minimum atomic E-state index is -3.55. The van der Waals surface area contributed by atoms with Gasteiger partial charge >= 0.3 is 10.1 Å². The number of hydrogen-bond acceptors (Lipinski definition) is 5. The van der Waals surface area contributed by atoms with Gasteiger partial charge in [-0.3, -0.25) is 0 Å². The summed E-state index contributed by atoms with van der Waals surface area (Å²) in [7, 11) is -3.55. The van der Waals surface area contributed by atoms with Crippen LogP contribution >= 0.6 is 0 Å². The molecule has 2 unspecified atom stereocenters. The van der Waals surface area contributed by atoms with Crippen molar-refractivity contribution >= 4 is 10.1 Å². The van der Waals surface area contributed by atoms with Gasteiger partial charge < -0.3 is 13.7 Å². The van der Waals surface area contributed by atoms with Crippen molar-refractivity contribution < 1.29 is 22.1 Å². The van der Waals surface area contributed by atoms with Gasteiger partial charge in [0.15, 0.2) is 0 Å². The molecule has 0 radical (unpaired) electrons. The Morgan fingerprint density at radius 3 is 2.48 bits per heavy atom. The van der Waals surface area contributed by atoms with Crippen molar-refractivity contribution in [1.82, 2.24) is 0 Å². The average Bonchev–Trinajstić information content (AvgIpc) is 2.59. The summed E-state index contributed by atoms with van der Waals surface area (Å²) >= 11 is 0. The highest BCUT2D eigenvalue weighted by atomic mass is 32.2. The van der Waals surface area contributed by atoms with E-state index < -0.39 is 21.8 Å². The fourth-order valence-corrected chi connectivity index (χ4v) is 3.31. The molecule has 0 fully saturated rings. The molecule has 0 bridgehead atoms. The van der Waals surface area contributed by atoms with Gasteiger partial charge in [0.05, 0.1) is 17.8 Å². The highest BCUT2D eigenvalue weighted by molar-refractivity contribution is 7.86. The molecule has 2 atom stereocenters. The van der Waals surface area contributed by atoms with E-state index in [4.69, 9.17) is 13.7 Å². The van der Waals surface area contributed by atoms with Gasteiger partial charge in [0.1, 0.15) is 11.5 Å². The molecule has 0 aromatic heterocycles. The number of ether oxygens (including phenoxy) is 2. The van der Waals surface area contributed by atoms with E-state index in [0.717, 1.165) is 18.2 Å². The van der Waals surface area contributed by atoms with Crippen molar-refractivity contribution in [3.05, 3.63) is 23.8 Å². The lowest BCUT2D eigenvalue weighted by Crippen LogP contribution is -2.37. The Balaban J connectivity index is 2.20. The molecule has 1 heterocycles. The second-order valence-corrected chi connectivity index (χ2v) is 8.77. The van der Waals surface area contributed by atoms with Crippen molar-refractivity contribution in [2.24, 2.45) is 5.92 Å². The summed E-state index contributed by atoms with van der Waals surface area (Å²) in [5.74, 6) is 1.54. The summed E-state index contributed by atoms with van der Waals surface area (Å²) in [5.41, 5.74) is 0.498. The van der Waals surface area contributed by atoms with Crippen LogP contribution in [0.5, 0.6) is 11.5 Å². The Morgan fingerprint density at radius 2 is 1.91 bits per heavy atom. The van der Waals surface area contributed by atoms with Crippen LogP contribution in [-0.2, 0) is 20.3 Å². The Morgan fingerprint density at radius 1 is 1.26 bits per heavy atom. The topological polar surface area (TPSA) is 61.8 Å². The summed E-state index contributed by atoms with van der Waals surface area (Å²) in [6, 6.07) is 5.04. The quantitative estimate of drug-likeness (QED) is 0.741. The van der Waals surface area contributed by atoms with Gasteiger partial charge in [0, 0.05) is 5.56 Å². The summed E-state index contributed by atoms with van der Waals surface area (Å²) in [6.45, 7) is 10.4. The van der Waals surface area contributed by atoms with Crippen molar-refractivity contribution in [1.29, 1.82) is 0 Å². The van der Waals surface area contributed by atoms with E-state index in [1.165, 1.54) is 0 Å². The average molecular weight is 342 g/mol. The lowest BCUT2D eigenvalue weighted by molar-refractivity contribution is -0.137. The van der Waals surface area contributed by atoms with Gasteiger partial charge in [-0.05, 0) is 51.3 Å². The normalized spacial score (nSPS) is 20.9. The predicted octanol–water partition coefficient (Wildman–Crippen LogP) is 3.47. The lowest BCUT2D eigenvalue weighted by Gasteiger charge is -2.29. The minimum Gasteiger partial charge on any atom is -0.464 e. The molecule has 0 saturated carbocycles. The molecule has 1 aromatic carbocycles. The second kappa shape index (κ2) is 6.32. The van der Waals surface area contributed by atoms with Crippen LogP contribution in [0, 0.1) is 5.92 Å². The van der Waals surface area contributed by atoms with E-state index >= 15 is 0 Å². The maximum Gasteiger partial charge on any atom is 0.306 e. The van der Waals surface area contributed by atoms with Crippen LogP contribution in [0.25, 0.3) is 0 Å². The van der Waals surface area contributed by atoms with Crippen LogP contribution in [0.3, 0.4) is 0 Å². The number of benzene rings is 1. The first-order valence-electron chi connectivity index (χ1n) is 7.85. The van der Waals surface area contributed by atoms with Crippen LogP contribution in [0.1, 0.15) is 46.6 Å². The van der Waals surface area contributed by atoms with E-state index in [9.17, 15) is 8.42 Å². The van der Waals surface area contributed by atoms with E-state index in [0.29, 0.717) is 17.4 Å². The van der Waals surface area contributed by atoms with Crippen LogP contribution in [0.4, 0.5) is 0 Å². The van der Waals surface area contributed by atoms with Gasteiger partial charge in [-0.15, -0.1) is 0 Å². The van der Waals surface area contributed by atoms with Crippen molar-refractivity contribution in [3.63, 3.8) is 0 Å². The molecule has 2 rings (SSSR count). The monoisotopic (exact) mass is 342 g/mol. The third-order valence-electron chi connectivity index (χ3n) is 3.88. The number of fused-ring (bicyclic) bond motifs is 1. The molecule has 1 aliphatic rings. The van der Waals surface area contributed by atoms with E-state index in [1.54, 1.807) is 18.2 Å². The van der Waals surface area contributed by atoms with Crippen molar-refractivity contribution in [2.75, 3.05) is 6.26 Å². The lowest BCUT2D eigenvalue weighted by atomic mass is 9.85. The van der Waals surface area contributed by atoms with Crippen LogP contribution in [0.15, 0.2) is 18.2 Å². The second-order valence-electron chi connectivity index (χ2n) is 7.19. The first kappa shape index (κ1) is 18.1. The molecular formula is C17H26O5S. The van der Waals surface area contributed by atoms with Gasteiger partial charge in [0.2, 0.25) is 6.29 Å². The smallest absolute Gasteiger partial charge is 0.306 e. The van der Waals surface area contributed by atoms with Gasteiger partial charge in [-0.2, -0.15) is 8.42 Å². The summed E-state index contributed by atoms with van der Waals surface area (Å²) in [4.78, 5) is 0. The van der Waals surface area contributed by atoms with Crippen LogP contribution < -0.4 is 8.92 Å². The molecule has 0 saturated heterocycles. The maximum absolute atomic E-state index is 11.3. The SMILES string of the molecule is CC(C)CC(C)OC1Oc2ccc(OS(C)(=O)=O)cc2C1(C)C. The molecule has 0 N–H and O–H groups in total. The summed E-state index contributed by atoms with van der Waals surface area (Å²) < 4.78 is 39.6. The van der Waals surface area contributed by atoms with E-state index in [2.05, 4.69) is 13.8 Å². The van der Waals surface area contributed by atoms with Crippen molar-refractivity contribution in [3.8, 4) is 11.5 Å². The number of rotatable bonds is 6. The number of hydrogen-bond donors (Lipinski definition) is 0. The van der Waals surface area contributed by atoms with Gasteiger partial charge in [-0.25, -0.2) is 0 Å². The predicted molar refractivity (Wildman–Crippen MR) is 89.4 cm³/mol.